The summed E-state index contributed by atoms with van der Waals surface area (Å²) in [6.45, 7) is 5.16. The van der Waals surface area contributed by atoms with E-state index in [-0.39, 0.29) is 19.4 Å². The number of amides is 1. The number of ether oxygens (including phenoxy) is 2. The topological polar surface area (TPSA) is 125 Å². The monoisotopic (exact) mass is 466 g/mol. The van der Waals surface area contributed by atoms with Gasteiger partial charge in [-0.1, -0.05) is 65.8 Å². The van der Waals surface area contributed by atoms with E-state index in [1.807, 2.05) is 60.7 Å². The van der Waals surface area contributed by atoms with Crippen molar-refractivity contribution in [3.63, 3.8) is 0 Å². The van der Waals surface area contributed by atoms with Gasteiger partial charge in [-0.05, 0) is 50.3 Å². The summed E-state index contributed by atoms with van der Waals surface area (Å²) in [5, 5.41) is 13.6. The van der Waals surface area contributed by atoms with Crippen LogP contribution in [-0.4, -0.2) is 46.4 Å². The first-order valence-corrected chi connectivity index (χ1v) is 11.2. The molecule has 9 nitrogen and oxygen atoms in total. The Morgan fingerprint density at radius 1 is 1.15 bits per heavy atom. The van der Waals surface area contributed by atoms with Gasteiger partial charge in [0, 0.05) is 4.91 Å². The molecule has 0 unspecified atom stereocenters. The minimum absolute atomic E-state index is 0.116. The normalized spacial score (nSPS) is 21.2. The second-order valence-electron chi connectivity index (χ2n) is 9.17. The molecule has 3 rings (SSSR count). The molecule has 0 aliphatic carbocycles. The number of aliphatic hydroxyl groups is 1. The number of carbonyl (C=O) groups is 2. The lowest BCUT2D eigenvalue weighted by Gasteiger charge is -2.45. The molecule has 2 aromatic carbocycles. The Balaban J connectivity index is 2.04. The fourth-order valence-corrected chi connectivity index (χ4v) is 3.98. The van der Waals surface area contributed by atoms with Crippen molar-refractivity contribution in [3.05, 3.63) is 82.2 Å². The molecule has 0 bridgehead atoms. The number of rotatable bonds is 7. The number of cyclic esters (lactones) is 1. The minimum Gasteiger partial charge on any atom is -0.453 e. The molecular weight excluding hydrogens is 436 g/mol. The van der Waals surface area contributed by atoms with Gasteiger partial charge in [-0.25, -0.2) is 9.59 Å². The summed E-state index contributed by atoms with van der Waals surface area (Å²) in [6.07, 6.45) is -2.09. The van der Waals surface area contributed by atoms with Gasteiger partial charge in [0.15, 0.2) is 6.10 Å². The SMILES string of the molecule is CC(C)(C)OC(=O)N1[C@@H](CC[C@@H](O)CN=[N+]=[N-])C(=O)O[C@H](c2ccccc2)[C@@H]1c1ccccc1. The Kier molecular flexibility index (Phi) is 8.15. The van der Waals surface area contributed by atoms with Crippen LogP contribution in [0.4, 0.5) is 4.79 Å². The first kappa shape index (κ1) is 25.1. The molecule has 34 heavy (non-hydrogen) atoms. The average Bonchev–Trinajstić information content (AvgIpc) is 2.81. The van der Waals surface area contributed by atoms with Crippen LogP contribution in [0, 0.1) is 0 Å². The molecule has 0 aromatic heterocycles. The van der Waals surface area contributed by atoms with Crippen molar-refractivity contribution < 1.29 is 24.2 Å². The Morgan fingerprint density at radius 3 is 2.29 bits per heavy atom. The molecule has 1 fully saturated rings. The molecule has 0 spiro atoms. The van der Waals surface area contributed by atoms with E-state index >= 15 is 0 Å². The van der Waals surface area contributed by atoms with Crippen LogP contribution >= 0.6 is 0 Å². The number of morpholine rings is 1. The predicted octanol–water partition coefficient (Wildman–Crippen LogP) is 5.08. The third-order valence-electron chi connectivity index (χ3n) is 5.44. The molecule has 1 amide bonds. The van der Waals surface area contributed by atoms with Gasteiger partial charge in [0.2, 0.25) is 0 Å². The lowest BCUT2D eigenvalue weighted by molar-refractivity contribution is -0.175. The molecule has 1 aliphatic heterocycles. The highest BCUT2D eigenvalue weighted by molar-refractivity contribution is 5.83. The van der Waals surface area contributed by atoms with E-state index < -0.39 is 42.0 Å². The maximum Gasteiger partial charge on any atom is 0.411 e. The lowest BCUT2D eigenvalue weighted by Crippen LogP contribution is -2.55. The second kappa shape index (κ2) is 11.0. The van der Waals surface area contributed by atoms with Crippen LogP contribution in [0.3, 0.4) is 0 Å². The number of hydrogen-bond acceptors (Lipinski definition) is 6. The van der Waals surface area contributed by atoms with Crippen LogP contribution in [0.1, 0.15) is 56.9 Å². The van der Waals surface area contributed by atoms with E-state index in [1.165, 1.54) is 4.90 Å². The minimum atomic E-state index is -0.985. The van der Waals surface area contributed by atoms with E-state index in [0.29, 0.717) is 0 Å². The Hall–Kier alpha value is -3.55. The van der Waals surface area contributed by atoms with Gasteiger partial charge >= 0.3 is 12.1 Å². The summed E-state index contributed by atoms with van der Waals surface area (Å²) < 4.78 is 11.6. The largest absolute Gasteiger partial charge is 0.453 e. The maximum atomic E-state index is 13.5. The molecule has 2 aromatic rings. The molecular formula is C25H30N4O5. The Labute approximate surface area is 198 Å². The quantitative estimate of drug-likeness (QED) is 0.263. The van der Waals surface area contributed by atoms with Crippen molar-refractivity contribution in [2.45, 2.75) is 63.5 Å². The zero-order chi connectivity index (χ0) is 24.7. The molecule has 0 saturated carbocycles. The summed E-state index contributed by atoms with van der Waals surface area (Å²) in [7, 11) is 0. The van der Waals surface area contributed by atoms with Crippen LogP contribution in [0.25, 0.3) is 10.4 Å². The fraction of sp³-hybridized carbons (Fsp3) is 0.440. The van der Waals surface area contributed by atoms with Crippen LogP contribution in [-0.2, 0) is 14.3 Å². The Morgan fingerprint density at radius 2 is 1.74 bits per heavy atom. The van der Waals surface area contributed by atoms with Crippen molar-refractivity contribution in [2.24, 2.45) is 5.11 Å². The molecule has 180 valence electrons. The Bertz CT molecular complexity index is 1020. The van der Waals surface area contributed by atoms with Crippen LogP contribution in [0.15, 0.2) is 65.8 Å². The first-order valence-electron chi connectivity index (χ1n) is 11.2. The molecule has 0 radical (unpaired) electrons. The third kappa shape index (κ3) is 6.27. The summed E-state index contributed by atoms with van der Waals surface area (Å²) in [6, 6.07) is 17.0. The highest BCUT2D eigenvalue weighted by atomic mass is 16.6. The third-order valence-corrected chi connectivity index (χ3v) is 5.44. The van der Waals surface area contributed by atoms with Gasteiger partial charge in [-0.15, -0.1) is 0 Å². The van der Waals surface area contributed by atoms with Gasteiger partial charge < -0.3 is 14.6 Å². The number of benzene rings is 2. The lowest BCUT2D eigenvalue weighted by atomic mass is 9.90. The first-order chi connectivity index (χ1) is 16.2. The molecule has 1 heterocycles. The van der Waals surface area contributed by atoms with Crippen LogP contribution < -0.4 is 0 Å². The number of azide groups is 1. The van der Waals surface area contributed by atoms with E-state index in [0.717, 1.165) is 11.1 Å². The van der Waals surface area contributed by atoms with Gasteiger partial charge in [0.05, 0.1) is 12.6 Å². The maximum absolute atomic E-state index is 13.5. The highest BCUT2D eigenvalue weighted by Gasteiger charge is 2.48. The number of hydrogen-bond donors (Lipinski definition) is 1. The van der Waals surface area contributed by atoms with Crippen molar-refractivity contribution in [1.29, 1.82) is 0 Å². The average molecular weight is 467 g/mol. The van der Waals surface area contributed by atoms with E-state index in [1.54, 1.807) is 20.8 Å². The van der Waals surface area contributed by atoms with E-state index in [9.17, 15) is 14.7 Å². The summed E-state index contributed by atoms with van der Waals surface area (Å²) in [5.74, 6) is -0.581. The van der Waals surface area contributed by atoms with Crippen LogP contribution in [0.5, 0.6) is 0 Å². The van der Waals surface area contributed by atoms with Gasteiger partial charge in [-0.3, -0.25) is 4.90 Å². The standard InChI is InChI=1S/C25H30N4O5/c1-25(2,3)34-24(32)29-20(15-14-19(30)16-27-28-26)23(31)33-22(18-12-8-5-9-13-18)21(29)17-10-6-4-7-11-17/h4-13,19-22,30H,14-16H2,1-3H3/t19-,20+,21+,22-/m1/s1. The van der Waals surface area contributed by atoms with Gasteiger partial charge in [-0.2, -0.15) is 0 Å². The zero-order valence-electron chi connectivity index (χ0n) is 19.6. The van der Waals surface area contributed by atoms with Crippen molar-refractivity contribution in [3.8, 4) is 0 Å². The number of aliphatic hydroxyl groups excluding tert-OH is 1. The summed E-state index contributed by atoms with van der Waals surface area (Å²) in [5.41, 5.74) is 9.25. The highest BCUT2D eigenvalue weighted by Crippen LogP contribution is 2.43. The molecule has 1 saturated heterocycles. The zero-order valence-corrected chi connectivity index (χ0v) is 19.6. The second-order valence-corrected chi connectivity index (χ2v) is 9.17. The molecule has 1 N–H and O–H groups in total. The molecule has 4 atom stereocenters. The number of nitrogens with zero attached hydrogens (tertiary/aromatic N) is 4. The number of esters is 1. The van der Waals surface area contributed by atoms with Crippen molar-refractivity contribution in [1.82, 2.24) is 4.90 Å². The molecule has 1 aliphatic rings. The summed E-state index contributed by atoms with van der Waals surface area (Å²) >= 11 is 0. The number of carbonyl (C=O) groups excluding carboxylic acids is 2. The van der Waals surface area contributed by atoms with E-state index in [4.69, 9.17) is 15.0 Å². The molecule has 9 heteroatoms. The van der Waals surface area contributed by atoms with E-state index in [2.05, 4.69) is 10.0 Å². The van der Waals surface area contributed by atoms with Gasteiger partial charge in [0.25, 0.3) is 0 Å². The van der Waals surface area contributed by atoms with Crippen molar-refractivity contribution in [2.75, 3.05) is 6.54 Å². The predicted molar refractivity (Wildman–Crippen MR) is 126 cm³/mol. The fourth-order valence-electron chi connectivity index (χ4n) is 3.98. The summed E-state index contributed by atoms with van der Waals surface area (Å²) in [4.78, 5) is 30.8. The smallest absolute Gasteiger partial charge is 0.411 e. The van der Waals surface area contributed by atoms with Gasteiger partial charge in [0.1, 0.15) is 17.7 Å². The van der Waals surface area contributed by atoms with Crippen molar-refractivity contribution >= 4 is 12.1 Å². The van der Waals surface area contributed by atoms with Crippen LogP contribution in [0.2, 0.25) is 0 Å².